The van der Waals surface area contributed by atoms with Crippen molar-refractivity contribution < 1.29 is 5.11 Å². The molecule has 0 aliphatic heterocycles. The highest BCUT2D eigenvalue weighted by atomic mass is 32.2. The molecular formula is C17H18N4OS. The summed E-state index contributed by atoms with van der Waals surface area (Å²) >= 11 is 1.66. The summed E-state index contributed by atoms with van der Waals surface area (Å²) in [6, 6.07) is 9.96. The second kappa shape index (κ2) is 6.29. The quantitative estimate of drug-likeness (QED) is 0.749. The predicted octanol–water partition coefficient (Wildman–Crippen LogP) is 3.21. The lowest BCUT2D eigenvalue weighted by molar-refractivity contribution is 0.137. The van der Waals surface area contributed by atoms with Crippen molar-refractivity contribution in [3.8, 4) is 5.69 Å². The SMILES string of the molecule is OC1CCCCC1Sc1ncnc2c1cnn2-c1ccccc1. The Labute approximate surface area is 138 Å². The van der Waals surface area contributed by atoms with Gasteiger partial charge in [-0.25, -0.2) is 14.6 Å². The zero-order valence-corrected chi connectivity index (χ0v) is 13.5. The van der Waals surface area contributed by atoms with Gasteiger partial charge < -0.3 is 5.11 Å². The van der Waals surface area contributed by atoms with Crippen LogP contribution in [0.3, 0.4) is 0 Å². The maximum atomic E-state index is 10.2. The Bertz CT molecular complexity index is 805. The zero-order valence-electron chi connectivity index (χ0n) is 12.7. The summed E-state index contributed by atoms with van der Waals surface area (Å²) in [7, 11) is 0. The average Bonchev–Trinajstić information content (AvgIpc) is 3.03. The fraction of sp³-hybridized carbons (Fsp3) is 0.353. The van der Waals surface area contributed by atoms with Gasteiger partial charge in [0.25, 0.3) is 0 Å². The monoisotopic (exact) mass is 326 g/mol. The summed E-state index contributed by atoms with van der Waals surface area (Å²) in [6.45, 7) is 0. The molecule has 1 saturated carbocycles. The van der Waals surface area contributed by atoms with Gasteiger partial charge in [-0.1, -0.05) is 42.8 Å². The van der Waals surface area contributed by atoms with Crippen LogP contribution in [0.1, 0.15) is 25.7 Å². The third-order valence-electron chi connectivity index (χ3n) is 4.26. The fourth-order valence-electron chi connectivity index (χ4n) is 3.03. The van der Waals surface area contributed by atoms with Crippen molar-refractivity contribution in [2.75, 3.05) is 0 Å². The van der Waals surface area contributed by atoms with Crippen molar-refractivity contribution >= 4 is 22.8 Å². The number of nitrogens with zero attached hydrogens (tertiary/aromatic N) is 4. The molecule has 4 rings (SSSR count). The number of aromatic nitrogens is 4. The molecule has 0 spiro atoms. The molecule has 23 heavy (non-hydrogen) atoms. The molecule has 6 heteroatoms. The molecule has 0 saturated heterocycles. The van der Waals surface area contributed by atoms with Gasteiger partial charge in [0.15, 0.2) is 5.65 Å². The van der Waals surface area contributed by atoms with Crippen LogP contribution in [-0.2, 0) is 0 Å². The first-order chi connectivity index (χ1) is 11.3. The number of rotatable bonds is 3. The molecule has 2 unspecified atom stereocenters. The van der Waals surface area contributed by atoms with Crippen LogP contribution in [-0.4, -0.2) is 36.2 Å². The maximum Gasteiger partial charge on any atom is 0.167 e. The number of benzene rings is 1. The van der Waals surface area contributed by atoms with E-state index in [-0.39, 0.29) is 11.4 Å². The van der Waals surface area contributed by atoms with Gasteiger partial charge in [0.1, 0.15) is 11.4 Å². The lowest BCUT2D eigenvalue weighted by Crippen LogP contribution is -2.26. The molecule has 1 aliphatic carbocycles. The van der Waals surface area contributed by atoms with E-state index in [1.54, 1.807) is 18.1 Å². The number of thioether (sulfide) groups is 1. The van der Waals surface area contributed by atoms with Crippen LogP contribution in [0.5, 0.6) is 0 Å². The summed E-state index contributed by atoms with van der Waals surface area (Å²) in [5.41, 5.74) is 1.79. The Morgan fingerprint density at radius 3 is 2.74 bits per heavy atom. The van der Waals surface area contributed by atoms with E-state index in [4.69, 9.17) is 0 Å². The van der Waals surface area contributed by atoms with E-state index in [0.29, 0.717) is 0 Å². The molecule has 5 nitrogen and oxygen atoms in total. The minimum absolute atomic E-state index is 0.210. The first kappa shape index (κ1) is 14.7. The third-order valence-corrected chi connectivity index (χ3v) is 5.66. The molecule has 0 amide bonds. The minimum atomic E-state index is -0.247. The van der Waals surface area contributed by atoms with Crippen LogP contribution in [0.2, 0.25) is 0 Å². The smallest absolute Gasteiger partial charge is 0.167 e. The van der Waals surface area contributed by atoms with Crippen molar-refractivity contribution in [3.63, 3.8) is 0 Å². The van der Waals surface area contributed by atoms with Crippen molar-refractivity contribution in [3.05, 3.63) is 42.9 Å². The van der Waals surface area contributed by atoms with Crippen LogP contribution in [0.25, 0.3) is 16.7 Å². The van der Waals surface area contributed by atoms with Crippen molar-refractivity contribution in [1.29, 1.82) is 0 Å². The van der Waals surface area contributed by atoms with Crippen molar-refractivity contribution in [2.24, 2.45) is 0 Å². The topological polar surface area (TPSA) is 63.8 Å². The number of aliphatic hydroxyl groups is 1. The highest BCUT2D eigenvalue weighted by molar-refractivity contribution is 8.00. The third kappa shape index (κ3) is 2.84. The maximum absolute atomic E-state index is 10.2. The Balaban J connectivity index is 1.70. The average molecular weight is 326 g/mol. The van der Waals surface area contributed by atoms with Gasteiger partial charge >= 0.3 is 0 Å². The standard InChI is InChI=1S/C17H18N4OS/c22-14-8-4-5-9-15(14)23-17-13-10-20-21(16(13)18-11-19-17)12-6-2-1-3-7-12/h1-3,6-7,10-11,14-15,22H,4-5,8-9H2. The largest absolute Gasteiger partial charge is 0.392 e. The molecule has 2 aromatic heterocycles. The van der Waals surface area contributed by atoms with Crippen LogP contribution in [0.4, 0.5) is 0 Å². The predicted molar refractivity (Wildman–Crippen MR) is 90.8 cm³/mol. The van der Waals surface area contributed by atoms with E-state index in [9.17, 15) is 5.11 Å². The van der Waals surface area contributed by atoms with Gasteiger partial charge in [0, 0.05) is 5.25 Å². The molecule has 1 aliphatic rings. The first-order valence-corrected chi connectivity index (χ1v) is 8.80. The summed E-state index contributed by atoms with van der Waals surface area (Å²) in [6.07, 6.45) is 7.36. The molecule has 1 fully saturated rings. The second-order valence-corrected chi connectivity index (χ2v) is 7.04. The number of para-hydroxylation sites is 1. The minimum Gasteiger partial charge on any atom is -0.392 e. The Kier molecular flexibility index (Phi) is 4.01. The summed E-state index contributed by atoms with van der Waals surface area (Å²) in [5, 5.41) is 16.7. The lowest BCUT2D eigenvalue weighted by Gasteiger charge is -2.26. The van der Waals surface area contributed by atoms with E-state index in [1.807, 2.05) is 41.2 Å². The molecule has 2 atom stereocenters. The molecule has 1 aromatic carbocycles. The van der Waals surface area contributed by atoms with Crippen LogP contribution in [0, 0.1) is 0 Å². The summed E-state index contributed by atoms with van der Waals surface area (Å²) < 4.78 is 1.83. The van der Waals surface area contributed by atoms with Crippen LogP contribution >= 0.6 is 11.8 Å². The van der Waals surface area contributed by atoms with E-state index in [0.717, 1.165) is 41.0 Å². The van der Waals surface area contributed by atoms with E-state index < -0.39 is 0 Å². The lowest BCUT2D eigenvalue weighted by atomic mass is 9.97. The van der Waals surface area contributed by atoms with E-state index in [1.165, 1.54) is 6.42 Å². The number of aliphatic hydroxyl groups excluding tert-OH is 1. The number of hydrogen-bond acceptors (Lipinski definition) is 5. The fourth-order valence-corrected chi connectivity index (χ4v) is 4.28. The van der Waals surface area contributed by atoms with E-state index in [2.05, 4.69) is 15.1 Å². The molecule has 0 bridgehead atoms. The highest BCUT2D eigenvalue weighted by Crippen LogP contribution is 2.35. The van der Waals surface area contributed by atoms with Gasteiger partial charge in [-0.2, -0.15) is 5.10 Å². The molecule has 0 radical (unpaired) electrons. The summed E-state index contributed by atoms with van der Waals surface area (Å²) in [5.74, 6) is 0. The highest BCUT2D eigenvalue weighted by Gasteiger charge is 2.25. The Morgan fingerprint density at radius 1 is 1.09 bits per heavy atom. The van der Waals surface area contributed by atoms with E-state index >= 15 is 0 Å². The normalized spacial score (nSPS) is 21.6. The summed E-state index contributed by atoms with van der Waals surface area (Å²) in [4.78, 5) is 8.83. The zero-order chi connectivity index (χ0) is 15.6. The van der Waals surface area contributed by atoms with Crippen LogP contribution in [0.15, 0.2) is 47.9 Å². The van der Waals surface area contributed by atoms with Gasteiger partial charge in [-0.05, 0) is 25.0 Å². The van der Waals surface area contributed by atoms with Crippen LogP contribution < -0.4 is 0 Å². The molecular weight excluding hydrogens is 308 g/mol. The molecule has 3 aromatic rings. The Morgan fingerprint density at radius 2 is 1.91 bits per heavy atom. The molecule has 1 N–H and O–H groups in total. The van der Waals surface area contributed by atoms with Gasteiger partial charge in [0.05, 0.1) is 23.4 Å². The van der Waals surface area contributed by atoms with Crippen molar-refractivity contribution in [1.82, 2.24) is 19.7 Å². The van der Waals surface area contributed by atoms with Gasteiger partial charge in [-0.15, -0.1) is 0 Å². The number of hydrogen-bond donors (Lipinski definition) is 1. The van der Waals surface area contributed by atoms with Crippen molar-refractivity contribution in [2.45, 2.75) is 42.1 Å². The number of fused-ring (bicyclic) bond motifs is 1. The first-order valence-electron chi connectivity index (χ1n) is 7.92. The van der Waals surface area contributed by atoms with Gasteiger partial charge in [-0.3, -0.25) is 0 Å². The van der Waals surface area contributed by atoms with Gasteiger partial charge in [0.2, 0.25) is 0 Å². The second-order valence-electron chi connectivity index (χ2n) is 5.82. The molecule has 2 heterocycles. The Hall–Kier alpha value is -1.92. The molecule has 118 valence electrons.